The summed E-state index contributed by atoms with van der Waals surface area (Å²) in [6.07, 6.45) is -4.50. The van der Waals surface area contributed by atoms with Crippen molar-refractivity contribution in [1.29, 1.82) is 0 Å². The van der Waals surface area contributed by atoms with Gasteiger partial charge in [-0.3, -0.25) is 9.59 Å². The number of halogens is 4. The van der Waals surface area contributed by atoms with E-state index in [0.29, 0.717) is 0 Å². The molecule has 1 unspecified atom stereocenters. The second-order valence-corrected chi connectivity index (χ2v) is 4.42. The fourth-order valence-corrected chi connectivity index (χ4v) is 1.55. The van der Waals surface area contributed by atoms with Crippen LogP contribution in [0, 0.1) is 0 Å². The minimum atomic E-state index is -4.50. The molecular weight excluding hydrogens is 297 g/mol. The first-order valence-corrected chi connectivity index (χ1v) is 5.98. The van der Waals surface area contributed by atoms with Crippen molar-refractivity contribution in [1.82, 2.24) is 10.6 Å². The molecule has 1 aromatic carbocycles. The molecule has 20 heavy (non-hydrogen) atoms. The van der Waals surface area contributed by atoms with Gasteiger partial charge in [-0.05, 0) is 19.1 Å². The maximum atomic E-state index is 11.9. The van der Waals surface area contributed by atoms with Crippen LogP contribution in [0.1, 0.15) is 17.3 Å². The fraction of sp³-hybridized carbons (Fsp3) is 0.333. The van der Waals surface area contributed by atoms with Crippen molar-refractivity contribution < 1.29 is 22.8 Å². The van der Waals surface area contributed by atoms with Crippen molar-refractivity contribution in [3.8, 4) is 0 Å². The van der Waals surface area contributed by atoms with Crippen LogP contribution in [0.3, 0.4) is 0 Å². The van der Waals surface area contributed by atoms with E-state index in [1.807, 2.05) is 0 Å². The smallest absolute Gasteiger partial charge is 0.345 e. The molecule has 0 saturated heterocycles. The van der Waals surface area contributed by atoms with E-state index < -0.39 is 30.6 Å². The summed E-state index contributed by atoms with van der Waals surface area (Å²) < 4.78 is 35.8. The quantitative estimate of drug-likeness (QED) is 0.895. The molecule has 0 radical (unpaired) electrons. The molecule has 0 aliphatic carbocycles. The molecule has 0 fully saturated rings. The van der Waals surface area contributed by atoms with Gasteiger partial charge in [0.05, 0.1) is 10.6 Å². The van der Waals surface area contributed by atoms with E-state index in [4.69, 9.17) is 11.6 Å². The number of nitrogens with one attached hydrogen (secondary N) is 2. The van der Waals surface area contributed by atoms with Crippen LogP contribution in [-0.2, 0) is 4.79 Å². The topological polar surface area (TPSA) is 58.2 Å². The number of benzene rings is 1. The third kappa shape index (κ3) is 5.08. The molecule has 1 aromatic rings. The lowest BCUT2D eigenvalue weighted by Gasteiger charge is -2.15. The van der Waals surface area contributed by atoms with Crippen molar-refractivity contribution in [2.75, 3.05) is 6.54 Å². The van der Waals surface area contributed by atoms with Gasteiger partial charge in [0.25, 0.3) is 5.91 Å². The van der Waals surface area contributed by atoms with Crippen LogP contribution >= 0.6 is 11.6 Å². The number of alkyl halides is 3. The van der Waals surface area contributed by atoms with Gasteiger partial charge in [-0.25, -0.2) is 0 Å². The lowest BCUT2D eigenvalue weighted by atomic mass is 10.2. The van der Waals surface area contributed by atoms with E-state index in [1.165, 1.54) is 19.1 Å². The molecule has 0 aromatic heterocycles. The summed E-state index contributed by atoms with van der Waals surface area (Å²) >= 11 is 5.79. The molecule has 1 rings (SSSR count). The van der Waals surface area contributed by atoms with Gasteiger partial charge in [0.1, 0.15) is 12.6 Å². The van der Waals surface area contributed by atoms with Crippen molar-refractivity contribution in [2.45, 2.75) is 19.1 Å². The van der Waals surface area contributed by atoms with Crippen molar-refractivity contribution in [3.63, 3.8) is 0 Å². The Morgan fingerprint density at radius 1 is 1.30 bits per heavy atom. The summed E-state index contributed by atoms with van der Waals surface area (Å²) in [6.45, 7) is -0.168. The molecule has 1 atom stereocenters. The van der Waals surface area contributed by atoms with Gasteiger partial charge < -0.3 is 10.6 Å². The van der Waals surface area contributed by atoms with Crippen molar-refractivity contribution >= 4 is 23.4 Å². The summed E-state index contributed by atoms with van der Waals surface area (Å²) in [5.74, 6) is -1.56. The Labute approximate surface area is 118 Å². The molecule has 0 saturated carbocycles. The zero-order valence-electron chi connectivity index (χ0n) is 10.4. The molecule has 0 spiro atoms. The Morgan fingerprint density at radius 2 is 1.90 bits per heavy atom. The fourth-order valence-electron chi connectivity index (χ4n) is 1.33. The SMILES string of the molecule is CC(NC(=O)c1ccccc1Cl)C(=O)NCC(F)(F)F. The largest absolute Gasteiger partial charge is 0.405 e. The highest BCUT2D eigenvalue weighted by Crippen LogP contribution is 2.15. The summed E-state index contributed by atoms with van der Waals surface area (Å²) in [5.41, 5.74) is 0.143. The number of carbonyl (C=O) groups is 2. The summed E-state index contributed by atoms with van der Waals surface area (Å²) in [6, 6.07) is 5.03. The minimum Gasteiger partial charge on any atom is -0.345 e. The van der Waals surface area contributed by atoms with E-state index in [9.17, 15) is 22.8 Å². The normalized spacial score (nSPS) is 12.7. The highest BCUT2D eigenvalue weighted by Gasteiger charge is 2.29. The van der Waals surface area contributed by atoms with Gasteiger partial charge in [0, 0.05) is 0 Å². The van der Waals surface area contributed by atoms with Crippen molar-refractivity contribution in [2.24, 2.45) is 0 Å². The summed E-state index contributed by atoms with van der Waals surface area (Å²) in [7, 11) is 0. The predicted molar refractivity (Wildman–Crippen MR) is 67.4 cm³/mol. The highest BCUT2D eigenvalue weighted by atomic mass is 35.5. The molecule has 0 aliphatic rings. The molecule has 2 N–H and O–H groups in total. The average Bonchev–Trinajstić information content (AvgIpc) is 2.35. The molecule has 0 aliphatic heterocycles. The van der Waals surface area contributed by atoms with E-state index in [1.54, 1.807) is 17.4 Å². The van der Waals surface area contributed by atoms with Crippen LogP contribution < -0.4 is 10.6 Å². The van der Waals surface area contributed by atoms with Crippen molar-refractivity contribution in [3.05, 3.63) is 34.9 Å². The number of rotatable bonds is 4. The van der Waals surface area contributed by atoms with Crippen LogP contribution in [0.15, 0.2) is 24.3 Å². The first-order chi connectivity index (χ1) is 9.20. The Hall–Kier alpha value is -1.76. The lowest BCUT2D eigenvalue weighted by molar-refractivity contribution is -0.139. The van der Waals surface area contributed by atoms with Crippen LogP contribution in [0.4, 0.5) is 13.2 Å². The predicted octanol–water partition coefficient (Wildman–Crippen LogP) is 2.14. The Kier molecular flexibility index (Phi) is 5.38. The third-order valence-electron chi connectivity index (χ3n) is 2.32. The standard InChI is InChI=1S/C12H12ClF3N2O2/c1-7(10(19)17-6-12(14,15)16)18-11(20)8-4-2-3-5-9(8)13/h2-5,7H,6H2,1H3,(H,17,19)(H,18,20). The van der Waals surface area contributed by atoms with Gasteiger partial charge in [0.15, 0.2) is 0 Å². The Morgan fingerprint density at radius 3 is 2.45 bits per heavy atom. The third-order valence-corrected chi connectivity index (χ3v) is 2.65. The van der Waals surface area contributed by atoms with E-state index >= 15 is 0 Å². The van der Waals surface area contributed by atoms with Gasteiger partial charge in [-0.1, -0.05) is 23.7 Å². The van der Waals surface area contributed by atoms with Gasteiger partial charge in [-0.2, -0.15) is 13.2 Å². The maximum absolute atomic E-state index is 11.9. The Bertz CT molecular complexity index is 506. The first kappa shape index (κ1) is 16.3. The number of hydrogen-bond acceptors (Lipinski definition) is 2. The molecule has 110 valence electrons. The summed E-state index contributed by atoms with van der Waals surface area (Å²) in [5, 5.41) is 4.14. The van der Waals surface area contributed by atoms with E-state index in [2.05, 4.69) is 5.32 Å². The first-order valence-electron chi connectivity index (χ1n) is 5.60. The molecule has 0 heterocycles. The Balaban J connectivity index is 2.58. The monoisotopic (exact) mass is 308 g/mol. The minimum absolute atomic E-state index is 0.143. The number of hydrogen-bond donors (Lipinski definition) is 2. The van der Waals surface area contributed by atoms with Crippen LogP contribution in [0.25, 0.3) is 0 Å². The zero-order chi connectivity index (χ0) is 15.3. The molecule has 2 amide bonds. The van der Waals surface area contributed by atoms with Crippen LogP contribution in [-0.4, -0.2) is 30.6 Å². The molecular formula is C12H12ClF3N2O2. The molecule has 8 heteroatoms. The highest BCUT2D eigenvalue weighted by molar-refractivity contribution is 6.33. The summed E-state index contributed by atoms with van der Waals surface area (Å²) in [4.78, 5) is 23.2. The second kappa shape index (κ2) is 6.60. The molecule has 0 bridgehead atoms. The molecule has 4 nitrogen and oxygen atoms in total. The zero-order valence-corrected chi connectivity index (χ0v) is 11.2. The average molecular weight is 309 g/mol. The number of carbonyl (C=O) groups excluding carboxylic acids is 2. The van der Waals surface area contributed by atoms with Crippen LogP contribution in [0.5, 0.6) is 0 Å². The van der Waals surface area contributed by atoms with Gasteiger partial charge >= 0.3 is 6.18 Å². The van der Waals surface area contributed by atoms with E-state index in [-0.39, 0.29) is 10.6 Å². The maximum Gasteiger partial charge on any atom is 0.405 e. The van der Waals surface area contributed by atoms with Gasteiger partial charge in [-0.15, -0.1) is 0 Å². The number of amides is 2. The van der Waals surface area contributed by atoms with Crippen LogP contribution in [0.2, 0.25) is 5.02 Å². The van der Waals surface area contributed by atoms with E-state index in [0.717, 1.165) is 0 Å². The second-order valence-electron chi connectivity index (χ2n) is 4.01. The van der Waals surface area contributed by atoms with Gasteiger partial charge in [0.2, 0.25) is 5.91 Å². The lowest BCUT2D eigenvalue weighted by Crippen LogP contribution is -2.47.